The quantitative estimate of drug-likeness (QED) is 0.389. The molecule has 0 aliphatic carbocycles. The van der Waals surface area contributed by atoms with Gasteiger partial charge in [0.1, 0.15) is 11.7 Å². The fourth-order valence-electron chi connectivity index (χ4n) is 2.17. The molecule has 21 heavy (non-hydrogen) atoms. The van der Waals surface area contributed by atoms with Gasteiger partial charge in [-0.05, 0) is 35.9 Å². The van der Waals surface area contributed by atoms with Gasteiger partial charge in [0.15, 0.2) is 0 Å². The van der Waals surface area contributed by atoms with E-state index < -0.39 is 0 Å². The van der Waals surface area contributed by atoms with E-state index >= 15 is 0 Å². The highest BCUT2D eigenvalue weighted by Gasteiger charge is 2.05. The summed E-state index contributed by atoms with van der Waals surface area (Å²) in [6.07, 6.45) is 0. The lowest BCUT2D eigenvalue weighted by Crippen LogP contribution is -2.11. The first-order chi connectivity index (χ1) is 10.1. The number of fused-ring (bicyclic) bond motifs is 1. The van der Waals surface area contributed by atoms with Crippen molar-refractivity contribution in [2.24, 2.45) is 5.73 Å². The predicted octanol–water partition coefficient (Wildman–Crippen LogP) is 3.88. The van der Waals surface area contributed by atoms with Crippen molar-refractivity contribution < 1.29 is 4.39 Å². The molecule has 5 heteroatoms. The summed E-state index contributed by atoms with van der Waals surface area (Å²) in [5.41, 5.74) is 7.73. The molecule has 0 spiro atoms. The van der Waals surface area contributed by atoms with E-state index in [0.717, 1.165) is 21.5 Å². The van der Waals surface area contributed by atoms with Crippen LogP contribution in [0.4, 0.5) is 4.39 Å². The lowest BCUT2D eigenvalue weighted by atomic mass is 10.1. The number of nitrogens with one attached hydrogen (secondary N) is 2. The van der Waals surface area contributed by atoms with Crippen molar-refractivity contribution in [1.82, 2.24) is 4.98 Å². The Kier molecular flexibility index (Phi) is 3.66. The van der Waals surface area contributed by atoms with Crippen LogP contribution in [0.3, 0.4) is 0 Å². The highest BCUT2D eigenvalue weighted by atomic mass is 32.2. The highest BCUT2D eigenvalue weighted by molar-refractivity contribution is 7.98. The molecule has 4 N–H and O–H groups in total. The third kappa shape index (κ3) is 3.08. The van der Waals surface area contributed by atoms with Crippen molar-refractivity contribution in [3.05, 3.63) is 65.5 Å². The molecule has 3 aromatic rings. The summed E-state index contributed by atoms with van der Waals surface area (Å²) in [6.45, 7) is 0. The van der Waals surface area contributed by atoms with Crippen LogP contribution in [0.15, 0.2) is 53.6 Å². The second-order valence-electron chi connectivity index (χ2n) is 4.77. The molecule has 1 aromatic heterocycles. The van der Waals surface area contributed by atoms with Crippen LogP contribution in [0.25, 0.3) is 10.9 Å². The Balaban J connectivity index is 1.79. The van der Waals surface area contributed by atoms with Gasteiger partial charge in [0, 0.05) is 22.2 Å². The second kappa shape index (κ2) is 5.61. The molecule has 0 aliphatic rings. The number of hydrogen-bond donors (Lipinski definition) is 3. The smallest absolute Gasteiger partial charge is 0.124 e. The van der Waals surface area contributed by atoms with E-state index in [1.165, 1.54) is 12.1 Å². The molecule has 0 saturated heterocycles. The summed E-state index contributed by atoms with van der Waals surface area (Å²) in [7, 11) is 0. The van der Waals surface area contributed by atoms with E-state index in [1.807, 2.05) is 24.3 Å². The van der Waals surface area contributed by atoms with E-state index in [0.29, 0.717) is 11.3 Å². The molecule has 106 valence electrons. The predicted molar refractivity (Wildman–Crippen MR) is 85.3 cm³/mol. The van der Waals surface area contributed by atoms with Gasteiger partial charge in [-0.15, -0.1) is 11.8 Å². The summed E-state index contributed by atoms with van der Waals surface area (Å²) in [6, 6.07) is 14.6. The molecule has 0 saturated carbocycles. The van der Waals surface area contributed by atoms with Gasteiger partial charge < -0.3 is 10.7 Å². The van der Waals surface area contributed by atoms with Gasteiger partial charge in [-0.25, -0.2) is 4.39 Å². The Bertz CT molecular complexity index is 777. The standard InChI is InChI=1S/C16H14FN3S/c17-13-6-10(5-12(7-13)16(18)19)9-21-15-8-11-3-1-2-4-14(11)20-15/h1-8,20H,9H2,(H3,18,19). The van der Waals surface area contributed by atoms with Crippen LogP contribution in [-0.2, 0) is 5.75 Å². The third-order valence-electron chi connectivity index (χ3n) is 3.17. The topological polar surface area (TPSA) is 65.7 Å². The van der Waals surface area contributed by atoms with E-state index in [-0.39, 0.29) is 11.7 Å². The monoisotopic (exact) mass is 299 g/mol. The normalized spacial score (nSPS) is 10.9. The number of H-pyrrole nitrogens is 1. The number of nitrogen functional groups attached to an aromatic ring is 1. The maximum absolute atomic E-state index is 13.5. The summed E-state index contributed by atoms with van der Waals surface area (Å²) < 4.78 is 13.5. The number of thioether (sulfide) groups is 1. The average Bonchev–Trinajstić information content (AvgIpc) is 2.87. The number of nitrogens with two attached hydrogens (primary N) is 1. The Hall–Kier alpha value is -2.27. The number of aromatic nitrogens is 1. The number of para-hydroxylation sites is 1. The van der Waals surface area contributed by atoms with Gasteiger partial charge in [-0.1, -0.05) is 18.2 Å². The maximum atomic E-state index is 13.5. The van der Waals surface area contributed by atoms with Crippen molar-refractivity contribution in [2.45, 2.75) is 10.8 Å². The molecule has 2 aromatic carbocycles. The minimum absolute atomic E-state index is 0.119. The third-order valence-corrected chi connectivity index (χ3v) is 4.18. The zero-order valence-corrected chi connectivity index (χ0v) is 12.0. The first kappa shape index (κ1) is 13.7. The molecular weight excluding hydrogens is 285 g/mol. The van der Waals surface area contributed by atoms with Gasteiger partial charge in [-0.2, -0.15) is 0 Å². The molecule has 0 atom stereocenters. The van der Waals surface area contributed by atoms with Crippen LogP contribution in [0, 0.1) is 11.2 Å². The molecule has 0 unspecified atom stereocenters. The molecule has 3 rings (SSSR count). The number of hydrogen-bond acceptors (Lipinski definition) is 2. The molecule has 1 heterocycles. The second-order valence-corrected chi connectivity index (χ2v) is 5.79. The minimum Gasteiger partial charge on any atom is -0.384 e. The van der Waals surface area contributed by atoms with Crippen LogP contribution in [0.5, 0.6) is 0 Å². The molecule has 3 nitrogen and oxygen atoms in total. The molecule has 0 radical (unpaired) electrons. The molecule has 0 bridgehead atoms. The van der Waals surface area contributed by atoms with Crippen molar-refractivity contribution in [1.29, 1.82) is 5.41 Å². The zero-order valence-electron chi connectivity index (χ0n) is 11.2. The van der Waals surface area contributed by atoms with Crippen LogP contribution >= 0.6 is 11.8 Å². The largest absolute Gasteiger partial charge is 0.384 e. The Morgan fingerprint density at radius 2 is 2.00 bits per heavy atom. The van der Waals surface area contributed by atoms with Gasteiger partial charge in [0.05, 0.1) is 5.03 Å². The van der Waals surface area contributed by atoms with Crippen LogP contribution in [0.1, 0.15) is 11.1 Å². The number of aromatic amines is 1. The van der Waals surface area contributed by atoms with Crippen LogP contribution in [0.2, 0.25) is 0 Å². The SMILES string of the molecule is N=C(N)c1cc(F)cc(CSc2cc3ccccc3[nH]2)c1. The van der Waals surface area contributed by atoms with Gasteiger partial charge in [-0.3, -0.25) is 5.41 Å². The maximum Gasteiger partial charge on any atom is 0.124 e. The number of rotatable bonds is 4. The highest BCUT2D eigenvalue weighted by Crippen LogP contribution is 2.26. The summed E-state index contributed by atoms with van der Waals surface area (Å²) >= 11 is 1.59. The Morgan fingerprint density at radius 3 is 2.76 bits per heavy atom. The summed E-state index contributed by atoms with van der Waals surface area (Å²) in [4.78, 5) is 3.32. The minimum atomic E-state index is -0.366. The summed E-state index contributed by atoms with van der Waals surface area (Å²) in [5, 5.41) is 9.58. The van der Waals surface area contributed by atoms with E-state index in [4.69, 9.17) is 11.1 Å². The molecular formula is C16H14FN3S. The Morgan fingerprint density at radius 1 is 1.19 bits per heavy atom. The first-order valence-corrected chi connectivity index (χ1v) is 7.45. The van der Waals surface area contributed by atoms with Crippen molar-refractivity contribution in [3.63, 3.8) is 0 Å². The fourth-order valence-corrected chi connectivity index (χ4v) is 3.06. The number of benzene rings is 2. The van der Waals surface area contributed by atoms with Gasteiger partial charge in [0.25, 0.3) is 0 Å². The van der Waals surface area contributed by atoms with E-state index in [9.17, 15) is 4.39 Å². The van der Waals surface area contributed by atoms with Crippen LogP contribution in [-0.4, -0.2) is 10.8 Å². The number of halogens is 1. The molecule has 0 aliphatic heterocycles. The van der Waals surface area contributed by atoms with E-state index in [2.05, 4.69) is 11.1 Å². The average molecular weight is 299 g/mol. The first-order valence-electron chi connectivity index (χ1n) is 6.46. The Labute approximate surface area is 125 Å². The van der Waals surface area contributed by atoms with Crippen molar-refractivity contribution >= 4 is 28.5 Å². The lowest BCUT2D eigenvalue weighted by molar-refractivity contribution is 0.626. The number of amidine groups is 1. The zero-order chi connectivity index (χ0) is 14.8. The van der Waals surface area contributed by atoms with Crippen molar-refractivity contribution in [3.8, 4) is 0 Å². The van der Waals surface area contributed by atoms with Gasteiger partial charge in [0.2, 0.25) is 0 Å². The van der Waals surface area contributed by atoms with Crippen molar-refractivity contribution in [2.75, 3.05) is 0 Å². The van der Waals surface area contributed by atoms with Gasteiger partial charge >= 0.3 is 0 Å². The van der Waals surface area contributed by atoms with E-state index in [1.54, 1.807) is 17.8 Å². The fraction of sp³-hybridized carbons (Fsp3) is 0.0625. The molecule has 0 amide bonds. The van der Waals surface area contributed by atoms with Crippen LogP contribution < -0.4 is 5.73 Å². The summed E-state index contributed by atoms with van der Waals surface area (Å²) in [5.74, 6) is 0.131. The lowest BCUT2D eigenvalue weighted by Gasteiger charge is -2.04. The molecule has 0 fully saturated rings.